The maximum Gasteiger partial charge on any atom is 0.381 e. The lowest BCUT2D eigenvalue weighted by Gasteiger charge is -2.41. The molecule has 0 saturated heterocycles. The van der Waals surface area contributed by atoms with Crippen LogP contribution in [0.5, 0.6) is 23.1 Å². The van der Waals surface area contributed by atoms with Crippen LogP contribution in [0.25, 0.3) is 16.8 Å². The summed E-state index contributed by atoms with van der Waals surface area (Å²) in [4.78, 5) is 2.62. The molecule has 4 aromatic rings. The summed E-state index contributed by atoms with van der Waals surface area (Å²) in [6.07, 6.45) is 4.98. The van der Waals surface area contributed by atoms with Gasteiger partial charge in [0.1, 0.15) is 17.2 Å². The SMILES string of the molecule is C[Si](C)(C)C1=CC2=[N+]3c4ccccc4-c4ccc5c(c43)C34c6c(cccc6Oc6cc([Si](C)(C)C)cc([n+]63)C(=C1)N24)O5. The third-order valence-electron chi connectivity index (χ3n) is 9.87. The number of amidine groups is 1. The topological polar surface area (TPSA) is 28.6 Å². The average Bonchev–Trinajstić information content (AvgIpc) is 3.44. The number of fused-ring (bicyclic) bond motifs is 4. The molecule has 10 rings (SSSR count). The summed E-state index contributed by atoms with van der Waals surface area (Å²) >= 11 is 0. The van der Waals surface area contributed by atoms with Gasteiger partial charge in [-0.05, 0) is 52.9 Å². The number of pyridine rings is 1. The molecule has 0 radical (unpaired) electrons. The van der Waals surface area contributed by atoms with Crippen LogP contribution in [-0.4, -0.2) is 26.9 Å². The Morgan fingerprint density at radius 1 is 0.714 bits per heavy atom. The molecule has 42 heavy (non-hydrogen) atoms. The van der Waals surface area contributed by atoms with E-state index >= 15 is 0 Å². The van der Waals surface area contributed by atoms with Crippen molar-refractivity contribution in [2.45, 2.75) is 44.9 Å². The highest BCUT2D eigenvalue weighted by atomic mass is 28.3. The minimum absolute atomic E-state index is 0.646. The van der Waals surface area contributed by atoms with E-state index < -0.39 is 21.8 Å². The molecule has 1 spiro atoms. The van der Waals surface area contributed by atoms with Crippen LogP contribution in [-0.2, 0) is 5.66 Å². The lowest BCUT2D eigenvalue weighted by Crippen LogP contribution is -2.68. The molecule has 0 bridgehead atoms. The molecular weight excluding hydrogens is 551 g/mol. The first-order valence-corrected chi connectivity index (χ1v) is 21.9. The first kappa shape index (κ1) is 23.4. The van der Waals surface area contributed by atoms with Crippen molar-refractivity contribution in [1.82, 2.24) is 9.48 Å². The van der Waals surface area contributed by atoms with Crippen LogP contribution in [0.3, 0.4) is 0 Å². The van der Waals surface area contributed by atoms with Crippen molar-refractivity contribution in [3.63, 3.8) is 0 Å². The van der Waals surface area contributed by atoms with E-state index in [-0.39, 0.29) is 0 Å². The maximum absolute atomic E-state index is 6.87. The number of hydrogen-bond acceptors (Lipinski definition) is 3. The lowest BCUT2D eigenvalue weighted by molar-refractivity contribution is -0.756. The van der Waals surface area contributed by atoms with Crippen LogP contribution < -0.4 is 23.8 Å². The fourth-order valence-corrected chi connectivity index (χ4v) is 10.2. The summed E-state index contributed by atoms with van der Waals surface area (Å²) in [5.74, 6) is 4.78. The van der Waals surface area contributed by atoms with Gasteiger partial charge < -0.3 is 9.47 Å². The van der Waals surface area contributed by atoms with Gasteiger partial charge in [-0.25, -0.2) is 0 Å². The number of allylic oxidation sites excluding steroid dienone is 2. The molecule has 3 aromatic carbocycles. The summed E-state index contributed by atoms with van der Waals surface area (Å²) in [5, 5.41) is 2.86. The Hall–Kier alpha value is -4.21. The standard InChI is InChI=1S/C35H31N3O2Si2/c1-41(2,3)20-16-25-26-17-21(42(4,5)6)19-31-38(26)35-32-27(12-9-13-28(32)40-31)39-29-15-14-23-22-10-7-8-11-24(22)36(34(23)33(29)35)30(18-20)37(25)35/h7-19H,1-6H3/q+2. The highest BCUT2D eigenvalue weighted by molar-refractivity contribution is 6.88. The van der Waals surface area contributed by atoms with E-state index in [1.54, 1.807) is 0 Å². The minimum Gasteiger partial charge on any atom is -0.455 e. The number of para-hydroxylation sites is 1. The summed E-state index contributed by atoms with van der Waals surface area (Å²) in [6, 6.07) is 24.4. The zero-order valence-corrected chi connectivity index (χ0v) is 26.7. The molecule has 0 saturated carbocycles. The van der Waals surface area contributed by atoms with Crippen molar-refractivity contribution in [3.8, 4) is 34.3 Å². The largest absolute Gasteiger partial charge is 0.455 e. The van der Waals surface area contributed by atoms with E-state index in [0.29, 0.717) is 0 Å². The lowest BCUT2D eigenvalue weighted by atomic mass is 9.81. The first-order valence-electron chi connectivity index (χ1n) is 14.9. The van der Waals surface area contributed by atoms with Gasteiger partial charge in [0.2, 0.25) is 5.70 Å². The zero-order valence-electron chi connectivity index (χ0n) is 24.7. The molecule has 6 aliphatic heterocycles. The monoisotopic (exact) mass is 581 g/mol. The second-order valence-electron chi connectivity index (χ2n) is 14.3. The fraction of sp³-hybridized carbons (Fsp3) is 0.200. The van der Waals surface area contributed by atoms with Gasteiger partial charge in [0.25, 0.3) is 11.5 Å². The summed E-state index contributed by atoms with van der Waals surface area (Å²) in [5.41, 5.74) is 9.12. The Labute approximate surface area is 247 Å². The van der Waals surface area contributed by atoms with Crippen molar-refractivity contribution in [1.29, 1.82) is 0 Å². The summed E-state index contributed by atoms with van der Waals surface area (Å²) in [6.45, 7) is 14.6. The van der Waals surface area contributed by atoms with Crippen molar-refractivity contribution < 1.29 is 14.0 Å². The fourth-order valence-electron chi connectivity index (χ4n) is 7.93. The van der Waals surface area contributed by atoms with Crippen LogP contribution in [0.2, 0.25) is 39.3 Å². The van der Waals surface area contributed by atoms with Crippen molar-refractivity contribution in [2.24, 2.45) is 0 Å². The molecule has 5 nitrogen and oxygen atoms in total. The third kappa shape index (κ3) is 2.42. The molecule has 1 atom stereocenters. The molecule has 1 aromatic heterocycles. The summed E-state index contributed by atoms with van der Waals surface area (Å²) in [7, 11) is -3.38. The van der Waals surface area contributed by atoms with E-state index in [1.807, 2.05) is 0 Å². The Morgan fingerprint density at radius 2 is 1.48 bits per heavy atom. The molecule has 7 heteroatoms. The molecular formula is C35H31N3O2Si2+2. The number of aromatic nitrogens is 1. The normalized spacial score (nSPS) is 20.8. The highest BCUT2D eigenvalue weighted by Crippen LogP contribution is 2.66. The van der Waals surface area contributed by atoms with Crippen molar-refractivity contribution >= 4 is 44.2 Å². The van der Waals surface area contributed by atoms with Crippen molar-refractivity contribution in [3.05, 3.63) is 101 Å². The van der Waals surface area contributed by atoms with Crippen LogP contribution in [0.4, 0.5) is 11.4 Å². The second kappa shape index (κ2) is 6.88. The molecule has 7 heterocycles. The second-order valence-corrected chi connectivity index (χ2v) is 24.5. The predicted octanol–water partition coefficient (Wildman–Crippen LogP) is 7.18. The molecule has 0 N–H and O–H groups in total. The number of nitrogens with zero attached hydrogens (tertiary/aromatic N) is 3. The Bertz CT molecular complexity index is 2130. The van der Waals surface area contributed by atoms with Gasteiger partial charge in [0.05, 0.1) is 22.2 Å². The van der Waals surface area contributed by atoms with Gasteiger partial charge in [-0.15, -0.1) is 9.47 Å². The molecule has 6 aliphatic rings. The number of benzene rings is 3. The van der Waals surface area contributed by atoms with Crippen LogP contribution >= 0.6 is 0 Å². The van der Waals surface area contributed by atoms with E-state index in [4.69, 9.17) is 9.47 Å². The smallest absolute Gasteiger partial charge is 0.381 e. The third-order valence-corrected chi connectivity index (χ3v) is 13.9. The summed E-state index contributed by atoms with van der Waals surface area (Å²) < 4.78 is 18.7. The van der Waals surface area contributed by atoms with Crippen molar-refractivity contribution in [2.75, 3.05) is 0 Å². The Kier molecular flexibility index (Phi) is 3.83. The maximum atomic E-state index is 6.87. The first-order chi connectivity index (χ1) is 20.1. The van der Waals surface area contributed by atoms with Gasteiger partial charge in [-0.3, -0.25) is 0 Å². The van der Waals surface area contributed by atoms with Gasteiger partial charge in [0, 0.05) is 23.3 Å². The van der Waals surface area contributed by atoms with Crippen LogP contribution in [0, 0.1) is 0 Å². The molecule has 0 fully saturated rings. The predicted molar refractivity (Wildman–Crippen MR) is 172 cm³/mol. The van der Waals surface area contributed by atoms with Gasteiger partial charge >= 0.3 is 11.5 Å². The van der Waals surface area contributed by atoms with Gasteiger partial charge in [-0.1, -0.05) is 57.5 Å². The van der Waals surface area contributed by atoms with Gasteiger partial charge in [-0.2, -0.15) is 4.58 Å². The van der Waals surface area contributed by atoms with E-state index in [9.17, 15) is 0 Å². The number of ether oxygens (including phenoxy) is 2. The quantitative estimate of drug-likeness (QED) is 0.163. The molecule has 0 aliphatic carbocycles. The Balaban J connectivity index is 1.47. The minimum atomic E-state index is -1.70. The zero-order chi connectivity index (χ0) is 28.5. The van der Waals surface area contributed by atoms with E-state index in [2.05, 4.69) is 132 Å². The highest BCUT2D eigenvalue weighted by Gasteiger charge is 2.77. The Morgan fingerprint density at radius 3 is 2.26 bits per heavy atom. The van der Waals surface area contributed by atoms with Crippen LogP contribution in [0.15, 0.2) is 84.1 Å². The number of hydrogen-bond donors (Lipinski definition) is 0. The molecule has 0 amide bonds. The average molecular weight is 582 g/mol. The molecule has 1 unspecified atom stereocenters. The molecule has 204 valence electrons. The van der Waals surface area contributed by atoms with Gasteiger partial charge in [0.15, 0.2) is 22.6 Å². The number of rotatable bonds is 2. The van der Waals surface area contributed by atoms with E-state index in [0.717, 1.165) is 28.7 Å². The van der Waals surface area contributed by atoms with E-state index in [1.165, 1.54) is 55.7 Å². The van der Waals surface area contributed by atoms with Crippen LogP contribution in [0.1, 0.15) is 16.8 Å².